The average Bonchev–Trinajstić information content (AvgIpc) is 2.39. The van der Waals surface area contributed by atoms with E-state index in [2.05, 4.69) is 0 Å². The fraction of sp³-hybridized carbons (Fsp3) is 0.429. The van der Waals surface area contributed by atoms with Gasteiger partial charge in [0.2, 0.25) is 0 Å². The maximum atomic E-state index is 11.7. The first-order valence-electron chi connectivity index (χ1n) is 6.03. The Balaban J connectivity index is 2.43. The Morgan fingerprint density at radius 3 is 2.50 bits per heavy atom. The lowest BCUT2D eigenvalue weighted by molar-refractivity contribution is -0.145. The van der Waals surface area contributed by atoms with Crippen LogP contribution in [0.4, 0.5) is 0 Å². The van der Waals surface area contributed by atoms with Crippen molar-refractivity contribution in [2.75, 3.05) is 13.2 Å². The van der Waals surface area contributed by atoms with E-state index in [1.54, 1.807) is 37.3 Å². The monoisotopic (exact) mass is 250 g/mol. The van der Waals surface area contributed by atoms with E-state index in [9.17, 15) is 9.59 Å². The van der Waals surface area contributed by atoms with E-state index in [-0.39, 0.29) is 0 Å². The molecule has 0 saturated carbocycles. The third-order valence-corrected chi connectivity index (χ3v) is 2.23. The van der Waals surface area contributed by atoms with E-state index >= 15 is 0 Å². The van der Waals surface area contributed by atoms with Crippen molar-refractivity contribution in [3.05, 3.63) is 35.9 Å². The Kier molecular flexibility index (Phi) is 6.08. The Hall–Kier alpha value is -1.68. The molecular formula is C14H18O4. The van der Waals surface area contributed by atoms with Crippen LogP contribution in [0.1, 0.15) is 30.6 Å². The summed E-state index contributed by atoms with van der Waals surface area (Å²) in [5, 5.41) is 0. The van der Waals surface area contributed by atoms with Gasteiger partial charge in [0, 0.05) is 12.2 Å². The van der Waals surface area contributed by atoms with Gasteiger partial charge in [0.1, 0.15) is 6.10 Å². The Labute approximate surface area is 107 Å². The van der Waals surface area contributed by atoms with Gasteiger partial charge in [-0.3, -0.25) is 4.79 Å². The van der Waals surface area contributed by atoms with Crippen LogP contribution in [0.2, 0.25) is 0 Å². The van der Waals surface area contributed by atoms with E-state index in [1.165, 1.54) is 0 Å². The minimum Gasteiger partial charge on any atom is -0.454 e. The highest BCUT2D eigenvalue weighted by molar-refractivity contribution is 6.40. The number of esters is 1. The van der Waals surface area contributed by atoms with Crippen LogP contribution in [0.3, 0.4) is 0 Å². The molecule has 4 nitrogen and oxygen atoms in total. The van der Waals surface area contributed by atoms with Gasteiger partial charge in [0.15, 0.2) is 0 Å². The third kappa shape index (κ3) is 4.67. The predicted molar refractivity (Wildman–Crippen MR) is 67.4 cm³/mol. The molecule has 0 aliphatic carbocycles. The van der Waals surface area contributed by atoms with Crippen molar-refractivity contribution in [1.82, 2.24) is 0 Å². The topological polar surface area (TPSA) is 52.6 Å². The molecule has 18 heavy (non-hydrogen) atoms. The SMILES string of the molecule is CCCOCC(C)OC(=O)C(=O)c1ccccc1. The van der Waals surface area contributed by atoms with Crippen LogP contribution in [-0.4, -0.2) is 31.1 Å². The van der Waals surface area contributed by atoms with Crippen LogP contribution in [0.15, 0.2) is 30.3 Å². The van der Waals surface area contributed by atoms with Crippen molar-refractivity contribution >= 4 is 11.8 Å². The van der Waals surface area contributed by atoms with Crippen molar-refractivity contribution in [2.24, 2.45) is 0 Å². The van der Waals surface area contributed by atoms with Gasteiger partial charge in [0.25, 0.3) is 5.78 Å². The van der Waals surface area contributed by atoms with Gasteiger partial charge >= 0.3 is 5.97 Å². The van der Waals surface area contributed by atoms with Crippen LogP contribution in [0, 0.1) is 0 Å². The molecule has 1 atom stereocenters. The minimum absolute atomic E-state index is 0.307. The van der Waals surface area contributed by atoms with Gasteiger partial charge in [-0.1, -0.05) is 37.3 Å². The molecule has 0 amide bonds. The Bertz CT molecular complexity index is 386. The van der Waals surface area contributed by atoms with Crippen LogP contribution in [0.5, 0.6) is 0 Å². The molecular weight excluding hydrogens is 232 g/mol. The number of benzene rings is 1. The normalized spacial score (nSPS) is 11.9. The zero-order chi connectivity index (χ0) is 13.4. The van der Waals surface area contributed by atoms with Crippen molar-refractivity contribution in [3.63, 3.8) is 0 Å². The number of rotatable bonds is 7. The van der Waals surface area contributed by atoms with E-state index in [4.69, 9.17) is 9.47 Å². The highest BCUT2D eigenvalue weighted by Gasteiger charge is 2.19. The average molecular weight is 250 g/mol. The van der Waals surface area contributed by atoms with Gasteiger partial charge < -0.3 is 9.47 Å². The molecule has 98 valence electrons. The smallest absolute Gasteiger partial charge is 0.380 e. The largest absolute Gasteiger partial charge is 0.454 e. The highest BCUT2D eigenvalue weighted by atomic mass is 16.6. The maximum Gasteiger partial charge on any atom is 0.380 e. The number of carbonyl (C=O) groups excluding carboxylic acids is 2. The fourth-order valence-corrected chi connectivity index (χ4v) is 1.37. The predicted octanol–water partition coefficient (Wildman–Crippen LogP) is 2.23. The summed E-state index contributed by atoms with van der Waals surface area (Å²) in [6.45, 7) is 4.62. The molecule has 0 saturated heterocycles. The van der Waals surface area contributed by atoms with Gasteiger partial charge in [-0.25, -0.2) is 4.79 Å². The molecule has 1 rings (SSSR count). The second-order valence-corrected chi connectivity index (χ2v) is 3.99. The van der Waals surface area contributed by atoms with Crippen molar-refractivity contribution in [1.29, 1.82) is 0 Å². The molecule has 0 radical (unpaired) electrons. The second kappa shape index (κ2) is 7.61. The molecule has 1 unspecified atom stereocenters. The van der Waals surface area contributed by atoms with E-state index < -0.39 is 17.9 Å². The summed E-state index contributed by atoms with van der Waals surface area (Å²) in [7, 11) is 0. The summed E-state index contributed by atoms with van der Waals surface area (Å²) >= 11 is 0. The molecule has 0 bridgehead atoms. The number of ketones is 1. The summed E-state index contributed by atoms with van der Waals surface area (Å²) in [6, 6.07) is 8.36. The molecule has 4 heteroatoms. The summed E-state index contributed by atoms with van der Waals surface area (Å²) in [4.78, 5) is 23.3. The molecule has 1 aromatic rings. The van der Waals surface area contributed by atoms with E-state index in [0.29, 0.717) is 18.8 Å². The van der Waals surface area contributed by atoms with Crippen LogP contribution < -0.4 is 0 Å². The van der Waals surface area contributed by atoms with Gasteiger partial charge in [0.05, 0.1) is 6.61 Å². The summed E-state index contributed by atoms with van der Waals surface area (Å²) in [6.07, 6.45) is 0.487. The zero-order valence-corrected chi connectivity index (χ0v) is 10.7. The second-order valence-electron chi connectivity index (χ2n) is 3.99. The first kappa shape index (κ1) is 14.4. The van der Waals surface area contributed by atoms with E-state index in [1.807, 2.05) is 6.92 Å². The third-order valence-electron chi connectivity index (χ3n) is 2.23. The van der Waals surface area contributed by atoms with Gasteiger partial charge in [-0.05, 0) is 13.3 Å². The zero-order valence-electron chi connectivity index (χ0n) is 10.7. The molecule has 0 fully saturated rings. The van der Waals surface area contributed by atoms with E-state index in [0.717, 1.165) is 6.42 Å². The first-order valence-corrected chi connectivity index (χ1v) is 6.03. The molecule has 0 aliphatic heterocycles. The number of ether oxygens (including phenoxy) is 2. The van der Waals surface area contributed by atoms with Crippen molar-refractivity contribution in [3.8, 4) is 0 Å². The van der Waals surface area contributed by atoms with Crippen molar-refractivity contribution < 1.29 is 19.1 Å². The lowest BCUT2D eigenvalue weighted by Crippen LogP contribution is -2.26. The number of hydrogen-bond donors (Lipinski definition) is 0. The Morgan fingerprint density at radius 2 is 1.89 bits per heavy atom. The van der Waals surface area contributed by atoms with Crippen molar-refractivity contribution in [2.45, 2.75) is 26.4 Å². The summed E-state index contributed by atoms with van der Waals surface area (Å²) < 4.78 is 10.2. The van der Waals surface area contributed by atoms with Crippen LogP contribution >= 0.6 is 0 Å². The van der Waals surface area contributed by atoms with Crippen LogP contribution in [0.25, 0.3) is 0 Å². The summed E-state index contributed by atoms with van der Waals surface area (Å²) in [5.74, 6) is -1.47. The number of Topliss-reactive ketones (excluding diaryl/α,β-unsaturated/α-hetero) is 1. The number of hydrogen-bond acceptors (Lipinski definition) is 4. The first-order chi connectivity index (χ1) is 8.65. The summed E-state index contributed by atoms with van der Waals surface area (Å²) in [5.41, 5.74) is 0.337. The maximum absolute atomic E-state index is 11.7. The van der Waals surface area contributed by atoms with Crippen LogP contribution in [-0.2, 0) is 14.3 Å². The van der Waals surface area contributed by atoms with Gasteiger partial charge in [-0.2, -0.15) is 0 Å². The molecule has 0 N–H and O–H groups in total. The fourth-order valence-electron chi connectivity index (χ4n) is 1.37. The molecule has 0 aliphatic rings. The Morgan fingerprint density at radius 1 is 1.22 bits per heavy atom. The minimum atomic E-state index is -0.839. The van der Waals surface area contributed by atoms with Gasteiger partial charge in [-0.15, -0.1) is 0 Å². The lowest BCUT2D eigenvalue weighted by atomic mass is 10.1. The molecule has 0 heterocycles. The standard InChI is InChI=1S/C14H18O4/c1-3-9-17-10-11(2)18-14(16)13(15)12-7-5-4-6-8-12/h4-8,11H,3,9-10H2,1-2H3. The lowest BCUT2D eigenvalue weighted by Gasteiger charge is -2.12. The molecule has 1 aromatic carbocycles. The molecule has 0 spiro atoms. The molecule has 0 aromatic heterocycles. The quantitative estimate of drug-likeness (QED) is 0.322. The number of carbonyl (C=O) groups is 2. The highest BCUT2D eigenvalue weighted by Crippen LogP contribution is 2.03.